The molecule has 128 valence electrons. The molecule has 4 rings (SSSR count). The smallest absolute Gasteiger partial charge is 0.266 e. The molecule has 3 heterocycles. The van der Waals surface area contributed by atoms with Crippen LogP contribution in [0.5, 0.6) is 0 Å². The van der Waals surface area contributed by atoms with Crippen LogP contribution in [0.3, 0.4) is 0 Å². The predicted octanol–water partition coefficient (Wildman–Crippen LogP) is 3.89. The number of likely N-dealkylation sites (tertiary alicyclic amines) is 1. The molecule has 5 nitrogen and oxygen atoms in total. The van der Waals surface area contributed by atoms with E-state index in [9.17, 15) is 0 Å². The zero-order chi connectivity index (χ0) is 16.2. The maximum atomic E-state index is 5.94. The second-order valence-electron chi connectivity index (χ2n) is 7.26. The number of pyridine rings is 1. The Morgan fingerprint density at radius 3 is 2.79 bits per heavy atom. The van der Waals surface area contributed by atoms with Crippen molar-refractivity contribution in [3.05, 3.63) is 30.3 Å². The molecule has 1 atom stereocenters. The highest BCUT2D eigenvalue weighted by atomic mass is 16.4. The molecule has 1 saturated heterocycles. The van der Waals surface area contributed by atoms with E-state index >= 15 is 0 Å². The van der Waals surface area contributed by atoms with Crippen LogP contribution in [0.1, 0.15) is 56.8 Å². The molecule has 0 spiro atoms. The lowest BCUT2D eigenvalue weighted by molar-refractivity contribution is 0.152. The largest absolute Gasteiger partial charge is 0.419 e. The minimum atomic E-state index is 0.368. The Bertz CT molecular complexity index is 636. The first kappa shape index (κ1) is 15.8. The summed E-state index contributed by atoms with van der Waals surface area (Å²) in [7, 11) is 0. The summed E-state index contributed by atoms with van der Waals surface area (Å²) in [5.41, 5.74) is 0.756. The van der Waals surface area contributed by atoms with Gasteiger partial charge in [0.2, 0.25) is 5.89 Å². The summed E-state index contributed by atoms with van der Waals surface area (Å²) in [5, 5.41) is 8.52. The molecule has 2 fully saturated rings. The van der Waals surface area contributed by atoms with Crippen LogP contribution in [-0.4, -0.2) is 39.7 Å². The predicted molar refractivity (Wildman–Crippen MR) is 92.5 cm³/mol. The first-order valence-corrected chi connectivity index (χ1v) is 9.35. The van der Waals surface area contributed by atoms with Crippen LogP contribution in [0.2, 0.25) is 0 Å². The van der Waals surface area contributed by atoms with Gasteiger partial charge in [0, 0.05) is 19.3 Å². The third kappa shape index (κ3) is 3.66. The Labute approximate surface area is 143 Å². The molecule has 0 N–H and O–H groups in total. The average Bonchev–Trinajstić information content (AvgIpc) is 3.14. The quantitative estimate of drug-likeness (QED) is 0.853. The SMILES string of the molecule is c1ccc(-c2nnc([C@@H]3CCCN(CC4CCCCC4)C3)o2)nc1. The molecular weight excluding hydrogens is 300 g/mol. The standard InChI is InChI=1S/C19H26N4O/c1-2-7-15(8-3-1)13-23-12-6-9-16(14-23)18-21-22-19(24-18)17-10-4-5-11-20-17/h4-5,10-11,15-16H,1-3,6-9,12-14H2/t16-/m1/s1. The first-order valence-electron chi connectivity index (χ1n) is 9.35. The fourth-order valence-corrected chi connectivity index (χ4v) is 4.15. The first-order chi connectivity index (χ1) is 11.9. The van der Waals surface area contributed by atoms with Gasteiger partial charge in [0.1, 0.15) is 5.69 Å². The van der Waals surface area contributed by atoms with E-state index in [2.05, 4.69) is 20.1 Å². The molecule has 1 aliphatic heterocycles. The fourth-order valence-electron chi connectivity index (χ4n) is 4.15. The summed E-state index contributed by atoms with van der Waals surface area (Å²) in [5.74, 6) is 2.58. The number of rotatable bonds is 4. The number of hydrogen-bond acceptors (Lipinski definition) is 5. The highest BCUT2D eigenvalue weighted by molar-refractivity contribution is 5.44. The van der Waals surface area contributed by atoms with E-state index in [1.54, 1.807) is 6.20 Å². The van der Waals surface area contributed by atoms with E-state index in [1.165, 1.54) is 51.6 Å². The zero-order valence-corrected chi connectivity index (χ0v) is 14.2. The summed E-state index contributed by atoms with van der Waals surface area (Å²) in [4.78, 5) is 6.91. The van der Waals surface area contributed by atoms with Crippen LogP contribution in [0.4, 0.5) is 0 Å². The Hall–Kier alpha value is -1.75. The Morgan fingerprint density at radius 1 is 1.04 bits per heavy atom. The lowest BCUT2D eigenvalue weighted by Gasteiger charge is -2.34. The minimum Gasteiger partial charge on any atom is -0.419 e. The molecule has 1 saturated carbocycles. The molecular formula is C19H26N4O. The zero-order valence-electron chi connectivity index (χ0n) is 14.2. The van der Waals surface area contributed by atoms with Crippen molar-refractivity contribution in [2.75, 3.05) is 19.6 Å². The normalized spacial score (nSPS) is 23.4. The van der Waals surface area contributed by atoms with Crippen LogP contribution in [-0.2, 0) is 0 Å². The van der Waals surface area contributed by atoms with Gasteiger partial charge in [0.15, 0.2) is 0 Å². The number of hydrogen-bond donors (Lipinski definition) is 0. The summed E-state index contributed by atoms with van der Waals surface area (Å²) < 4.78 is 5.94. The molecule has 2 aromatic rings. The van der Waals surface area contributed by atoms with Crippen molar-refractivity contribution in [1.29, 1.82) is 0 Å². The van der Waals surface area contributed by atoms with Crippen molar-refractivity contribution < 1.29 is 4.42 Å². The van der Waals surface area contributed by atoms with Crippen LogP contribution in [0.25, 0.3) is 11.6 Å². The van der Waals surface area contributed by atoms with E-state index in [-0.39, 0.29) is 0 Å². The van der Waals surface area contributed by atoms with Crippen molar-refractivity contribution in [2.45, 2.75) is 50.9 Å². The lowest BCUT2D eigenvalue weighted by Crippen LogP contribution is -2.38. The van der Waals surface area contributed by atoms with Crippen LogP contribution in [0, 0.1) is 5.92 Å². The van der Waals surface area contributed by atoms with Gasteiger partial charge in [-0.3, -0.25) is 4.98 Å². The van der Waals surface area contributed by atoms with Crippen molar-refractivity contribution in [2.24, 2.45) is 5.92 Å². The molecule has 2 aliphatic rings. The number of aromatic nitrogens is 3. The second-order valence-corrected chi connectivity index (χ2v) is 7.26. The third-order valence-electron chi connectivity index (χ3n) is 5.42. The monoisotopic (exact) mass is 326 g/mol. The molecule has 0 aromatic carbocycles. The van der Waals surface area contributed by atoms with Gasteiger partial charge in [-0.25, -0.2) is 0 Å². The van der Waals surface area contributed by atoms with E-state index in [4.69, 9.17) is 4.42 Å². The van der Waals surface area contributed by atoms with Crippen LogP contribution < -0.4 is 0 Å². The average molecular weight is 326 g/mol. The topological polar surface area (TPSA) is 55.1 Å². The lowest BCUT2D eigenvalue weighted by atomic mass is 9.88. The molecule has 2 aromatic heterocycles. The van der Waals surface area contributed by atoms with Gasteiger partial charge in [-0.2, -0.15) is 0 Å². The summed E-state index contributed by atoms with van der Waals surface area (Å²) in [6.45, 7) is 3.52. The Morgan fingerprint density at radius 2 is 1.96 bits per heavy atom. The van der Waals surface area contributed by atoms with Gasteiger partial charge in [-0.15, -0.1) is 10.2 Å². The van der Waals surface area contributed by atoms with Gasteiger partial charge >= 0.3 is 0 Å². The fraction of sp³-hybridized carbons (Fsp3) is 0.632. The van der Waals surface area contributed by atoms with Gasteiger partial charge in [-0.1, -0.05) is 25.3 Å². The summed E-state index contributed by atoms with van der Waals surface area (Å²) >= 11 is 0. The highest BCUT2D eigenvalue weighted by Crippen LogP contribution is 2.30. The van der Waals surface area contributed by atoms with Gasteiger partial charge < -0.3 is 9.32 Å². The highest BCUT2D eigenvalue weighted by Gasteiger charge is 2.27. The Kier molecular flexibility index (Phi) is 4.88. The van der Waals surface area contributed by atoms with E-state index in [0.717, 1.165) is 30.5 Å². The van der Waals surface area contributed by atoms with Crippen LogP contribution in [0.15, 0.2) is 28.8 Å². The molecule has 0 bridgehead atoms. The number of piperidine rings is 1. The van der Waals surface area contributed by atoms with Crippen molar-refractivity contribution in [3.8, 4) is 11.6 Å². The van der Waals surface area contributed by atoms with E-state index in [1.807, 2.05) is 18.2 Å². The molecule has 0 unspecified atom stereocenters. The van der Waals surface area contributed by atoms with E-state index < -0.39 is 0 Å². The maximum Gasteiger partial charge on any atom is 0.266 e. The van der Waals surface area contributed by atoms with Gasteiger partial charge in [-0.05, 0) is 50.3 Å². The molecule has 5 heteroatoms. The molecule has 1 aliphatic carbocycles. The summed E-state index contributed by atoms with van der Waals surface area (Å²) in [6, 6.07) is 5.75. The molecule has 0 amide bonds. The van der Waals surface area contributed by atoms with Crippen molar-refractivity contribution in [3.63, 3.8) is 0 Å². The third-order valence-corrected chi connectivity index (χ3v) is 5.42. The number of nitrogens with zero attached hydrogens (tertiary/aromatic N) is 4. The summed E-state index contributed by atoms with van der Waals surface area (Å²) in [6.07, 6.45) is 11.2. The van der Waals surface area contributed by atoms with Crippen molar-refractivity contribution in [1.82, 2.24) is 20.1 Å². The second kappa shape index (κ2) is 7.43. The molecule has 0 radical (unpaired) electrons. The van der Waals surface area contributed by atoms with Gasteiger partial charge in [0.05, 0.1) is 5.92 Å². The van der Waals surface area contributed by atoms with Crippen molar-refractivity contribution >= 4 is 0 Å². The minimum absolute atomic E-state index is 0.368. The maximum absolute atomic E-state index is 5.94. The van der Waals surface area contributed by atoms with E-state index in [0.29, 0.717) is 11.8 Å². The molecule has 24 heavy (non-hydrogen) atoms. The van der Waals surface area contributed by atoms with Crippen LogP contribution >= 0.6 is 0 Å². The Balaban J connectivity index is 1.40. The van der Waals surface area contributed by atoms with Gasteiger partial charge in [0.25, 0.3) is 5.89 Å².